The minimum Gasteiger partial charge on any atom is -0.378 e. The van der Waals surface area contributed by atoms with E-state index in [0.717, 1.165) is 0 Å². The van der Waals surface area contributed by atoms with E-state index >= 15 is 0 Å². The van der Waals surface area contributed by atoms with Gasteiger partial charge in [-0.15, -0.1) is 0 Å². The minimum atomic E-state index is -0.603. The molecule has 3 aromatic rings. The number of anilines is 3. The topological polar surface area (TPSA) is 96.2 Å². The van der Waals surface area contributed by atoms with E-state index in [-0.39, 0.29) is 16.4 Å². The Morgan fingerprint density at radius 3 is 1.89 bits per heavy atom. The number of amides is 2. The fraction of sp³-hybridized carbons (Fsp3) is 0.148. The number of carbonyl (C=O) groups excluding carboxylic acids is 2. The molecular formula is C27H22N4O5S. The van der Waals surface area contributed by atoms with Gasteiger partial charge in [-0.05, 0) is 54.2 Å². The van der Waals surface area contributed by atoms with Crippen LogP contribution in [0.2, 0.25) is 0 Å². The molecule has 2 amide bonds. The molecule has 0 N–H and O–H groups in total. The van der Waals surface area contributed by atoms with Gasteiger partial charge in [0.05, 0.1) is 29.5 Å². The first-order valence-corrected chi connectivity index (χ1v) is 12.0. The molecule has 0 radical (unpaired) electrons. The highest BCUT2D eigenvalue weighted by Gasteiger charge is 2.41. The maximum atomic E-state index is 13.6. The largest absolute Gasteiger partial charge is 0.378 e. The summed E-state index contributed by atoms with van der Waals surface area (Å²) < 4.78 is 5.36. The van der Waals surface area contributed by atoms with Crippen molar-refractivity contribution in [3.63, 3.8) is 0 Å². The van der Waals surface area contributed by atoms with Crippen LogP contribution in [0.5, 0.6) is 0 Å². The molecule has 37 heavy (non-hydrogen) atoms. The van der Waals surface area contributed by atoms with E-state index in [1.54, 1.807) is 60.7 Å². The lowest BCUT2D eigenvalue weighted by atomic mass is 10.0. The van der Waals surface area contributed by atoms with Gasteiger partial charge in [0.15, 0.2) is 5.11 Å². The maximum Gasteiger partial charge on any atom is 0.293 e. The van der Waals surface area contributed by atoms with Gasteiger partial charge in [0.2, 0.25) is 0 Å². The fourth-order valence-electron chi connectivity index (χ4n) is 4.35. The predicted octanol–water partition coefficient (Wildman–Crippen LogP) is 4.18. The Morgan fingerprint density at radius 2 is 1.38 bits per heavy atom. The Kier molecular flexibility index (Phi) is 6.76. The number of morpholine rings is 1. The lowest BCUT2D eigenvalue weighted by molar-refractivity contribution is -0.384. The maximum absolute atomic E-state index is 13.6. The zero-order valence-corrected chi connectivity index (χ0v) is 20.5. The van der Waals surface area contributed by atoms with Gasteiger partial charge in [-0.1, -0.05) is 42.5 Å². The molecule has 3 aromatic carbocycles. The van der Waals surface area contributed by atoms with E-state index in [4.69, 9.17) is 17.0 Å². The summed E-state index contributed by atoms with van der Waals surface area (Å²) in [7, 11) is 0. The van der Waals surface area contributed by atoms with Gasteiger partial charge in [0, 0.05) is 19.2 Å². The summed E-state index contributed by atoms with van der Waals surface area (Å²) >= 11 is 5.61. The van der Waals surface area contributed by atoms with Gasteiger partial charge in [-0.2, -0.15) is 0 Å². The van der Waals surface area contributed by atoms with E-state index in [0.29, 0.717) is 48.9 Å². The lowest BCUT2D eigenvalue weighted by Gasteiger charge is -2.36. The first-order valence-electron chi connectivity index (χ1n) is 11.6. The number of thiocarbonyl (C=S) groups is 1. The molecule has 2 heterocycles. The minimum absolute atomic E-state index is 0.0261. The van der Waals surface area contributed by atoms with E-state index < -0.39 is 16.7 Å². The molecule has 0 atom stereocenters. The van der Waals surface area contributed by atoms with Gasteiger partial charge in [-0.3, -0.25) is 29.5 Å². The number of carbonyl (C=O) groups is 2. The van der Waals surface area contributed by atoms with Crippen LogP contribution in [0.15, 0.2) is 84.4 Å². The highest BCUT2D eigenvalue weighted by atomic mass is 32.1. The second kappa shape index (κ2) is 10.3. The molecule has 0 bridgehead atoms. The van der Waals surface area contributed by atoms with Crippen LogP contribution in [0.4, 0.5) is 22.7 Å². The molecule has 5 rings (SSSR count). The molecule has 10 heteroatoms. The molecule has 0 aromatic heterocycles. The van der Waals surface area contributed by atoms with Crippen LogP contribution in [-0.4, -0.2) is 48.2 Å². The van der Waals surface area contributed by atoms with Crippen LogP contribution < -0.4 is 14.7 Å². The van der Waals surface area contributed by atoms with Crippen molar-refractivity contribution in [1.29, 1.82) is 0 Å². The van der Waals surface area contributed by atoms with Gasteiger partial charge < -0.3 is 9.64 Å². The fourth-order valence-corrected chi connectivity index (χ4v) is 4.73. The van der Waals surface area contributed by atoms with Crippen molar-refractivity contribution in [3.8, 4) is 0 Å². The van der Waals surface area contributed by atoms with Crippen LogP contribution >= 0.6 is 12.2 Å². The summed E-state index contributed by atoms with van der Waals surface area (Å²) in [4.78, 5) is 43.2. The van der Waals surface area contributed by atoms with E-state index in [9.17, 15) is 19.7 Å². The smallest absolute Gasteiger partial charge is 0.293 e. The number of para-hydroxylation sites is 2. The lowest BCUT2D eigenvalue weighted by Crippen LogP contribution is -2.56. The van der Waals surface area contributed by atoms with Crippen molar-refractivity contribution in [3.05, 3.63) is 100 Å². The summed E-state index contributed by atoms with van der Waals surface area (Å²) in [5.74, 6) is -1.21. The second-order valence-corrected chi connectivity index (χ2v) is 8.76. The third kappa shape index (κ3) is 4.72. The number of hydrogen-bond acceptors (Lipinski definition) is 7. The van der Waals surface area contributed by atoms with Gasteiger partial charge >= 0.3 is 0 Å². The highest BCUT2D eigenvalue weighted by Crippen LogP contribution is 2.33. The Labute approximate surface area is 218 Å². The second-order valence-electron chi connectivity index (χ2n) is 8.40. The van der Waals surface area contributed by atoms with Crippen molar-refractivity contribution in [2.45, 2.75) is 0 Å². The van der Waals surface area contributed by atoms with Gasteiger partial charge in [0.25, 0.3) is 17.5 Å². The quantitative estimate of drug-likeness (QED) is 0.166. The van der Waals surface area contributed by atoms with Crippen LogP contribution in [0.3, 0.4) is 0 Å². The molecule has 2 fully saturated rings. The number of hydrogen-bond donors (Lipinski definition) is 0. The van der Waals surface area contributed by atoms with Crippen molar-refractivity contribution >= 4 is 58.0 Å². The summed E-state index contributed by atoms with van der Waals surface area (Å²) in [6, 6.07) is 22.3. The molecule has 186 valence electrons. The zero-order chi connectivity index (χ0) is 25.9. The Morgan fingerprint density at radius 1 is 0.838 bits per heavy atom. The number of nitro groups is 1. The summed E-state index contributed by atoms with van der Waals surface area (Å²) in [5.41, 5.74) is 1.57. The summed E-state index contributed by atoms with van der Waals surface area (Å²) in [6.07, 6.45) is 1.38. The Bertz CT molecular complexity index is 1340. The molecule has 2 saturated heterocycles. The van der Waals surface area contributed by atoms with E-state index in [1.165, 1.54) is 21.9 Å². The van der Waals surface area contributed by atoms with Crippen LogP contribution in [-0.2, 0) is 14.3 Å². The normalized spacial score (nSPS) is 16.3. The zero-order valence-electron chi connectivity index (χ0n) is 19.6. The number of nitro benzene ring substituents is 1. The molecule has 0 unspecified atom stereocenters. The molecule has 0 saturated carbocycles. The van der Waals surface area contributed by atoms with Crippen molar-refractivity contribution < 1.29 is 19.2 Å². The van der Waals surface area contributed by atoms with Crippen molar-refractivity contribution in [2.75, 3.05) is 41.0 Å². The van der Waals surface area contributed by atoms with Crippen molar-refractivity contribution in [2.24, 2.45) is 0 Å². The molecule has 2 aliphatic heterocycles. The number of benzene rings is 3. The number of rotatable bonds is 5. The summed E-state index contributed by atoms with van der Waals surface area (Å²) in [5, 5.41) is 11.9. The predicted molar refractivity (Wildman–Crippen MR) is 145 cm³/mol. The van der Waals surface area contributed by atoms with E-state index in [1.807, 2.05) is 17.0 Å². The monoisotopic (exact) mass is 514 g/mol. The molecule has 9 nitrogen and oxygen atoms in total. The van der Waals surface area contributed by atoms with Gasteiger partial charge in [0.1, 0.15) is 11.3 Å². The third-order valence-corrected chi connectivity index (χ3v) is 6.50. The summed E-state index contributed by atoms with van der Waals surface area (Å²) in [6.45, 7) is 2.04. The Balaban J connectivity index is 1.60. The third-order valence-electron chi connectivity index (χ3n) is 6.14. The average molecular weight is 515 g/mol. The molecular weight excluding hydrogens is 492 g/mol. The first kappa shape index (κ1) is 24.3. The van der Waals surface area contributed by atoms with Gasteiger partial charge in [-0.25, -0.2) is 0 Å². The van der Waals surface area contributed by atoms with E-state index in [2.05, 4.69) is 0 Å². The number of nitrogens with zero attached hydrogens (tertiary/aromatic N) is 4. The standard InChI is InChI=1S/C27H22N4O5S/c32-25-22(17-19-11-12-23(24(18-19)31(34)35)28-13-15-36-16-14-28)26(33)30(21-9-5-2-6-10-21)27(37)29(25)20-7-3-1-4-8-20/h1-12,17-18H,13-16H2. The molecule has 0 spiro atoms. The average Bonchev–Trinajstić information content (AvgIpc) is 2.93. The number of ether oxygens (including phenoxy) is 1. The molecule has 2 aliphatic rings. The van der Waals surface area contributed by atoms with Crippen LogP contribution in [0, 0.1) is 10.1 Å². The Hall–Kier alpha value is -4.41. The van der Waals surface area contributed by atoms with Crippen LogP contribution in [0.1, 0.15) is 5.56 Å². The van der Waals surface area contributed by atoms with Crippen molar-refractivity contribution in [1.82, 2.24) is 0 Å². The first-order chi connectivity index (χ1) is 18.0. The van der Waals surface area contributed by atoms with Crippen LogP contribution in [0.25, 0.3) is 6.08 Å². The SMILES string of the molecule is O=C1C(=Cc2ccc(N3CCOCC3)c([N+](=O)[O-])c2)C(=O)N(c2ccccc2)C(=S)N1c1ccccc1. The molecule has 0 aliphatic carbocycles. The highest BCUT2D eigenvalue weighted by molar-refractivity contribution is 7.81.